The Labute approximate surface area is 100 Å². The lowest BCUT2D eigenvalue weighted by Gasteiger charge is -2.07. The van der Waals surface area contributed by atoms with E-state index in [1.807, 2.05) is 0 Å². The normalized spacial score (nSPS) is 11.5. The SMILES string of the molecule is O=C(CC(F)(F)F)c1cnnn1-c1ccccc1. The molecule has 1 aromatic carbocycles. The zero-order valence-corrected chi connectivity index (χ0v) is 9.05. The fourth-order valence-corrected chi connectivity index (χ4v) is 1.46. The first-order chi connectivity index (χ1) is 8.47. The molecule has 0 spiro atoms. The summed E-state index contributed by atoms with van der Waals surface area (Å²) < 4.78 is 37.6. The van der Waals surface area contributed by atoms with E-state index in [9.17, 15) is 18.0 Å². The van der Waals surface area contributed by atoms with Crippen LogP contribution in [-0.2, 0) is 0 Å². The molecule has 94 valence electrons. The van der Waals surface area contributed by atoms with E-state index in [-0.39, 0.29) is 5.69 Å². The Balaban J connectivity index is 2.32. The summed E-state index contributed by atoms with van der Waals surface area (Å²) in [5.41, 5.74) is 0.305. The molecule has 0 atom stereocenters. The van der Waals surface area contributed by atoms with E-state index in [4.69, 9.17) is 0 Å². The number of para-hydroxylation sites is 1. The summed E-state index contributed by atoms with van der Waals surface area (Å²) in [6.07, 6.45) is -5.03. The van der Waals surface area contributed by atoms with Crippen molar-refractivity contribution in [1.29, 1.82) is 0 Å². The molecule has 2 aromatic rings. The van der Waals surface area contributed by atoms with Crippen molar-refractivity contribution in [3.05, 3.63) is 42.2 Å². The number of halogens is 3. The fourth-order valence-electron chi connectivity index (χ4n) is 1.46. The standard InChI is InChI=1S/C11H8F3N3O/c12-11(13,14)6-10(18)9-7-15-16-17(9)8-4-2-1-3-5-8/h1-5,7H,6H2. The lowest BCUT2D eigenvalue weighted by molar-refractivity contribution is -0.125. The molecule has 7 heteroatoms. The number of ketones is 1. The van der Waals surface area contributed by atoms with Gasteiger partial charge in [0.1, 0.15) is 12.1 Å². The average Bonchev–Trinajstić information content (AvgIpc) is 2.76. The van der Waals surface area contributed by atoms with Gasteiger partial charge in [-0.05, 0) is 12.1 Å². The molecule has 4 nitrogen and oxygen atoms in total. The van der Waals surface area contributed by atoms with Crippen molar-refractivity contribution in [1.82, 2.24) is 15.0 Å². The number of rotatable bonds is 3. The summed E-state index contributed by atoms with van der Waals surface area (Å²) in [5.74, 6) is -1.06. The summed E-state index contributed by atoms with van der Waals surface area (Å²) in [4.78, 5) is 11.5. The van der Waals surface area contributed by atoms with Crippen molar-refractivity contribution in [2.24, 2.45) is 0 Å². The Hall–Kier alpha value is -2.18. The van der Waals surface area contributed by atoms with Crippen LogP contribution in [0.15, 0.2) is 36.5 Å². The van der Waals surface area contributed by atoms with Crippen molar-refractivity contribution < 1.29 is 18.0 Å². The Morgan fingerprint density at radius 1 is 1.22 bits per heavy atom. The van der Waals surface area contributed by atoms with E-state index < -0.39 is 18.4 Å². The van der Waals surface area contributed by atoms with Gasteiger partial charge in [0, 0.05) is 0 Å². The zero-order chi connectivity index (χ0) is 13.2. The highest BCUT2D eigenvalue weighted by Gasteiger charge is 2.33. The molecule has 0 amide bonds. The molecule has 0 aliphatic rings. The lowest BCUT2D eigenvalue weighted by atomic mass is 10.2. The molecule has 1 heterocycles. The van der Waals surface area contributed by atoms with Crippen molar-refractivity contribution in [2.45, 2.75) is 12.6 Å². The van der Waals surface area contributed by atoms with Crippen LogP contribution in [0, 0.1) is 0 Å². The first kappa shape index (κ1) is 12.3. The summed E-state index contributed by atoms with van der Waals surface area (Å²) in [6.45, 7) is 0. The molecule has 0 fully saturated rings. The maximum Gasteiger partial charge on any atom is 0.396 e. The first-order valence-corrected chi connectivity index (χ1v) is 5.03. The Morgan fingerprint density at radius 3 is 2.50 bits per heavy atom. The number of carbonyl (C=O) groups excluding carboxylic acids is 1. The van der Waals surface area contributed by atoms with Gasteiger partial charge in [0.2, 0.25) is 0 Å². The highest BCUT2D eigenvalue weighted by molar-refractivity contribution is 5.95. The van der Waals surface area contributed by atoms with Gasteiger partial charge in [0.15, 0.2) is 5.78 Å². The smallest absolute Gasteiger partial charge is 0.292 e. The van der Waals surface area contributed by atoms with Crippen LogP contribution in [0.2, 0.25) is 0 Å². The van der Waals surface area contributed by atoms with Gasteiger partial charge in [-0.2, -0.15) is 13.2 Å². The Morgan fingerprint density at radius 2 is 1.89 bits per heavy atom. The zero-order valence-electron chi connectivity index (χ0n) is 9.05. The topological polar surface area (TPSA) is 47.8 Å². The number of hydrogen-bond acceptors (Lipinski definition) is 3. The van der Waals surface area contributed by atoms with Gasteiger partial charge in [-0.1, -0.05) is 23.4 Å². The van der Waals surface area contributed by atoms with Gasteiger partial charge < -0.3 is 0 Å². The van der Waals surface area contributed by atoms with Crippen LogP contribution in [0.5, 0.6) is 0 Å². The van der Waals surface area contributed by atoms with E-state index >= 15 is 0 Å². The van der Waals surface area contributed by atoms with Crippen LogP contribution in [0.3, 0.4) is 0 Å². The van der Waals surface area contributed by atoms with Crippen molar-refractivity contribution in [3.63, 3.8) is 0 Å². The molecule has 0 aliphatic carbocycles. The molecule has 1 aromatic heterocycles. The maximum atomic E-state index is 12.2. The number of Topliss-reactive ketones (excluding diaryl/α,β-unsaturated/α-hetero) is 1. The summed E-state index contributed by atoms with van der Waals surface area (Å²) in [5, 5.41) is 7.09. The molecular weight excluding hydrogens is 247 g/mol. The Bertz CT molecular complexity index is 548. The highest BCUT2D eigenvalue weighted by Crippen LogP contribution is 2.22. The fraction of sp³-hybridized carbons (Fsp3) is 0.182. The van der Waals surface area contributed by atoms with Gasteiger partial charge in [-0.3, -0.25) is 4.79 Å². The predicted molar refractivity (Wildman–Crippen MR) is 56.4 cm³/mol. The van der Waals surface area contributed by atoms with Gasteiger partial charge in [-0.15, -0.1) is 5.10 Å². The first-order valence-electron chi connectivity index (χ1n) is 5.03. The van der Waals surface area contributed by atoms with E-state index in [0.717, 1.165) is 10.9 Å². The highest BCUT2D eigenvalue weighted by atomic mass is 19.4. The lowest BCUT2D eigenvalue weighted by Crippen LogP contribution is -2.17. The molecule has 2 rings (SSSR count). The van der Waals surface area contributed by atoms with Crippen molar-refractivity contribution >= 4 is 5.78 Å². The predicted octanol–water partition coefficient (Wildman–Crippen LogP) is 2.40. The molecule has 0 saturated carbocycles. The number of carbonyl (C=O) groups is 1. The van der Waals surface area contributed by atoms with Gasteiger partial charge >= 0.3 is 6.18 Å². The minimum Gasteiger partial charge on any atom is -0.292 e. The van der Waals surface area contributed by atoms with Crippen molar-refractivity contribution in [2.75, 3.05) is 0 Å². The number of alkyl halides is 3. The Kier molecular flexibility index (Phi) is 3.14. The minimum absolute atomic E-state index is 0.182. The molecule has 0 radical (unpaired) electrons. The van der Waals surface area contributed by atoms with Crippen LogP contribution < -0.4 is 0 Å². The van der Waals surface area contributed by atoms with Gasteiger partial charge in [0.25, 0.3) is 0 Å². The summed E-state index contributed by atoms with van der Waals surface area (Å²) in [7, 11) is 0. The summed E-state index contributed by atoms with van der Waals surface area (Å²) >= 11 is 0. The molecule has 0 saturated heterocycles. The largest absolute Gasteiger partial charge is 0.396 e. The molecule has 0 bridgehead atoms. The van der Waals surface area contributed by atoms with E-state index in [1.54, 1.807) is 30.3 Å². The number of benzene rings is 1. The molecular formula is C11H8F3N3O. The second-order valence-electron chi connectivity index (χ2n) is 3.58. The van der Waals surface area contributed by atoms with Crippen LogP contribution >= 0.6 is 0 Å². The van der Waals surface area contributed by atoms with E-state index in [0.29, 0.717) is 5.69 Å². The second kappa shape index (κ2) is 4.59. The van der Waals surface area contributed by atoms with Crippen molar-refractivity contribution in [3.8, 4) is 5.69 Å². The average molecular weight is 255 g/mol. The number of aromatic nitrogens is 3. The van der Waals surface area contributed by atoms with Crippen LogP contribution in [0.25, 0.3) is 5.69 Å². The molecule has 0 N–H and O–H groups in total. The monoisotopic (exact) mass is 255 g/mol. The third-order valence-corrected chi connectivity index (χ3v) is 2.20. The number of hydrogen-bond donors (Lipinski definition) is 0. The molecule has 18 heavy (non-hydrogen) atoms. The van der Waals surface area contributed by atoms with Crippen LogP contribution in [0.1, 0.15) is 16.9 Å². The second-order valence-corrected chi connectivity index (χ2v) is 3.58. The van der Waals surface area contributed by atoms with Gasteiger partial charge in [-0.25, -0.2) is 4.68 Å². The third-order valence-electron chi connectivity index (χ3n) is 2.20. The third kappa shape index (κ3) is 2.73. The number of nitrogens with zero attached hydrogens (tertiary/aromatic N) is 3. The molecule has 0 unspecified atom stereocenters. The minimum atomic E-state index is -4.54. The van der Waals surface area contributed by atoms with Crippen LogP contribution in [-0.4, -0.2) is 27.0 Å². The van der Waals surface area contributed by atoms with Crippen LogP contribution in [0.4, 0.5) is 13.2 Å². The quantitative estimate of drug-likeness (QED) is 0.791. The van der Waals surface area contributed by atoms with Gasteiger partial charge in [0.05, 0.1) is 11.9 Å². The maximum absolute atomic E-state index is 12.2. The van der Waals surface area contributed by atoms with E-state index in [2.05, 4.69) is 10.3 Å². The van der Waals surface area contributed by atoms with E-state index in [1.165, 1.54) is 0 Å². The molecule has 0 aliphatic heterocycles. The summed E-state index contributed by atoms with van der Waals surface area (Å²) in [6, 6.07) is 8.37.